The lowest BCUT2D eigenvalue weighted by Gasteiger charge is -1.97. The first-order valence-electron chi connectivity index (χ1n) is 5.08. The second-order valence-electron chi connectivity index (χ2n) is 3.57. The zero-order chi connectivity index (χ0) is 11.7. The molecule has 0 saturated carbocycles. The van der Waals surface area contributed by atoms with E-state index >= 15 is 0 Å². The summed E-state index contributed by atoms with van der Waals surface area (Å²) < 4.78 is 1.11. The topological polar surface area (TPSA) is 63.8 Å². The Morgan fingerprint density at radius 1 is 1.35 bits per heavy atom. The highest BCUT2D eigenvalue weighted by Gasteiger charge is 2.04. The van der Waals surface area contributed by atoms with Crippen LogP contribution in [0.5, 0.6) is 0 Å². The van der Waals surface area contributed by atoms with Crippen LogP contribution in [0.25, 0.3) is 10.2 Å². The zero-order valence-electron chi connectivity index (χ0n) is 8.88. The molecule has 2 heterocycles. The summed E-state index contributed by atoms with van der Waals surface area (Å²) in [6, 6.07) is 5.76. The predicted octanol–water partition coefficient (Wildman–Crippen LogP) is 2.95. The number of nitrogens with two attached hydrogens (primary N) is 1. The van der Waals surface area contributed by atoms with Crippen molar-refractivity contribution in [1.29, 1.82) is 0 Å². The fourth-order valence-corrected chi connectivity index (χ4v) is 2.95. The third kappa shape index (κ3) is 2.22. The maximum atomic E-state index is 5.74. The standard InChI is InChI=1S/C11H10N4S2/c12-7-1-2-9-10(3-7)17-11(15-9)14-5-8-4-13-6-16-8/h1-4,6H,5,12H2,(H,14,15). The van der Waals surface area contributed by atoms with Crippen molar-refractivity contribution >= 4 is 43.7 Å². The van der Waals surface area contributed by atoms with Crippen LogP contribution in [0, 0.1) is 0 Å². The van der Waals surface area contributed by atoms with Crippen LogP contribution in [0.2, 0.25) is 0 Å². The van der Waals surface area contributed by atoms with Crippen LogP contribution in [-0.4, -0.2) is 9.97 Å². The van der Waals surface area contributed by atoms with E-state index in [0.29, 0.717) is 0 Å². The molecule has 4 nitrogen and oxygen atoms in total. The number of aromatic nitrogens is 2. The molecule has 0 bridgehead atoms. The Morgan fingerprint density at radius 3 is 3.12 bits per heavy atom. The maximum absolute atomic E-state index is 5.74. The molecular formula is C11H10N4S2. The molecule has 0 spiro atoms. The minimum atomic E-state index is 0.764. The quantitative estimate of drug-likeness (QED) is 0.712. The van der Waals surface area contributed by atoms with Crippen molar-refractivity contribution in [2.45, 2.75) is 6.54 Å². The number of benzene rings is 1. The number of rotatable bonds is 3. The van der Waals surface area contributed by atoms with Gasteiger partial charge in [0.1, 0.15) is 0 Å². The van der Waals surface area contributed by atoms with Gasteiger partial charge in [-0.1, -0.05) is 11.3 Å². The molecule has 0 atom stereocenters. The fraction of sp³-hybridized carbons (Fsp3) is 0.0909. The normalized spacial score (nSPS) is 10.8. The van der Waals surface area contributed by atoms with Crippen LogP contribution in [-0.2, 0) is 6.54 Å². The Balaban J connectivity index is 1.81. The largest absolute Gasteiger partial charge is 0.399 e. The Labute approximate surface area is 106 Å². The first-order valence-corrected chi connectivity index (χ1v) is 6.78. The molecule has 1 aromatic carbocycles. The van der Waals surface area contributed by atoms with Gasteiger partial charge in [-0.15, -0.1) is 11.3 Å². The van der Waals surface area contributed by atoms with Gasteiger partial charge in [0.2, 0.25) is 0 Å². The van der Waals surface area contributed by atoms with Crippen LogP contribution in [0.3, 0.4) is 0 Å². The molecule has 0 aliphatic heterocycles. The Morgan fingerprint density at radius 2 is 2.29 bits per heavy atom. The summed E-state index contributed by atoms with van der Waals surface area (Å²) >= 11 is 3.25. The summed E-state index contributed by atoms with van der Waals surface area (Å²) in [5.41, 5.74) is 9.32. The van der Waals surface area contributed by atoms with Gasteiger partial charge in [0.25, 0.3) is 0 Å². The average molecular weight is 262 g/mol. The molecule has 86 valence electrons. The van der Waals surface area contributed by atoms with E-state index in [4.69, 9.17) is 5.73 Å². The second-order valence-corrected chi connectivity index (χ2v) is 5.57. The van der Waals surface area contributed by atoms with E-state index in [1.54, 1.807) is 22.7 Å². The van der Waals surface area contributed by atoms with E-state index in [2.05, 4.69) is 15.3 Å². The molecule has 0 aliphatic carbocycles. The second kappa shape index (κ2) is 4.31. The molecule has 3 rings (SSSR count). The van der Waals surface area contributed by atoms with Crippen molar-refractivity contribution in [2.24, 2.45) is 0 Å². The van der Waals surface area contributed by atoms with Crippen molar-refractivity contribution < 1.29 is 0 Å². The fourth-order valence-electron chi connectivity index (χ4n) is 1.51. The van der Waals surface area contributed by atoms with Gasteiger partial charge in [0, 0.05) is 16.8 Å². The van der Waals surface area contributed by atoms with E-state index < -0.39 is 0 Å². The molecule has 17 heavy (non-hydrogen) atoms. The van der Waals surface area contributed by atoms with Crippen LogP contribution >= 0.6 is 22.7 Å². The number of anilines is 2. The molecule has 0 aliphatic rings. The van der Waals surface area contributed by atoms with Gasteiger partial charge in [-0.05, 0) is 18.2 Å². The molecule has 6 heteroatoms. The van der Waals surface area contributed by atoms with E-state index in [1.807, 2.05) is 29.9 Å². The highest BCUT2D eigenvalue weighted by molar-refractivity contribution is 7.22. The maximum Gasteiger partial charge on any atom is 0.184 e. The van der Waals surface area contributed by atoms with Gasteiger partial charge in [-0.3, -0.25) is 4.98 Å². The minimum Gasteiger partial charge on any atom is -0.399 e. The number of hydrogen-bond acceptors (Lipinski definition) is 6. The van der Waals surface area contributed by atoms with E-state index in [0.717, 1.165) is 27.6 Å². The van der Waals surface area contributed by atoms with Crippen molar-refractivity contribution in [2.75, 3.05) is 11.1 Å². The van der Waals surface area contributed by atoms with E-state index in [1.165, 1.54) is 4.88 Å². The third-order valence-electron chi connectivity index (χ3n) is 2.31. The Hall–Kier alpha value is -1.66. The summed E-state index contributed by atoms with van der Waals surface area (Å²) in [6.07, 6.45) is 1.86. The minimum absolute atomic E-state index is 0.764. The van der Waals surface area contributed by atoms with Crippen molar-refractivity contribution in [3.05, 3.63) is 34.8 Å². The Bertz CT molecular complexity index is 630. The lowest BCUT2D eigenvalue weighted by Crippen LogP contribution is -1.96. The van der Waals surface area contributed by atoms with Gasteiger partial charge in [0.15, 0.2) is 5.13 Å². The van der Waals surface area contributed by atoms with E-state index in [-0.39, 0.29) is 0 Å². The summed E-state index contributed by atoms with van der Waals surface area (Å²) in [7, 11) is 0. The van der Waals surface area contributed by atoms with Crippen LogP contribution in [0.1, 0.15) is 4.88 Å². The van der Waals surface area contributed by atoms with Gasteiger partial charge in [0.05, 0.1) is 22.3 Å². The molecule has 3 aromatic rings. The number of fused-ring (bicyclic) bond motifs is 1. The molecular weight excluding hydrogens is 252 g/mol. The Kier molecular flexibility index (Phi) is 2.66. The zero-order valence-corrected chi connectivity index (χ0v) is 10.5. The lowest BCUT2D eigenvalue weighted by molar-refractivity contribution is 1.16. The first kappa shape index (κ1) is 10.5. The number of nitrogens with one attached hydrogen (secondary N) is 1. The number of nitrogens with zero attached hydrogens (tertiary/aromatic N) is 2. The molecule has 3 N–H and O–H groups in total. The van der Waals surface area contributed by atoms with Crippen LogP contribution in [0.15, 0.2) is 29.9 Å². The highest BCUT2D eigenvalue weighted by atomic mass is 32.1. The van der Waals surface area contributed by atoms with Crippen molar-refractivity contribution in [1.82, 2.24) is 9.97 Å². The molecule has 2 aromatic heterocycles. The van der Waals surface area contributed by atoms with Crippen molar-refractivity contribution in [3.8, 4) is 0 Å². The monoisotopic (exact) mass is 262 g/mol. The number of nitrogen functional groups attached to an aromatic ring is 1. The first-order chi connectivity index (χ1) is 8.31. The summed E-state index contributed by atoms with van der Waals surface area (Å²) in [5.74, 6) is 0. The molecule has 0 saturated heterocycles. The highest BCUT2D eigenvalue weighted by Crippen LogP contribution is 2.27. The van der Waals surface area contributed by atoms with Gasteiger partial charge in [-0.2, -0.15) is 0 Å². The van der Waals surface area contributed by atoms with Crippen LogP contribution < -0.4 is 11.1 Å². The molecule has 0 amide bonds. The summed E-state index contributed by atoms with van der Waals surface area (Å²) in [6.45, 7) is 0.764. The number of thiazole rings is 2. The third-order valence-corrected chi connectivity index (χ3v) is 4.07. The van der Waals surface area contributed by atoms with E-state index in [9.17, 15) is 0 Å². The molecule has 0 radical (unpaired) electrons. The molecule has 0 unspecified atom stereocenters. The smallest absolute Gasteiger partial charge is 0.184 e. The summed E-state index contributed by atoms with van der Waals surface area (Å²) in [5, 5.41) is 4.21. The van der Waals surface area contributed by atoms with Crippen molar-refractivity contribution in [3.63, 3.8) is 0 Å². The average Bonchev–Trinajstić information content (AvgIpc) is 2.94. The van der Waals surface area contributed by atoms with Gasteiger partial charge >= 0.3 is 0 Å². The van der Waals surface area contributed by atoms with Gasteiger partial charge in [-0.25, -0.2) is 4.98 Å². The predicted molar refractivity (Wildman–Crippen MR) is 73.5 cm³/mol. The lowest BCUT2D eigenvalue weighted by atomic mass is 10.3. The van der Waals surface area contributed by atoms with Crippen LogP contribution in [0.4, 0.5) is 10.8 Å². The van der Waals surface area contributed by atoms with Gasteiger partial charge < -0.3 is 11.1 Å². The SMILES string of the molecule is Nc1ccc2nc(NCc3cncs3)sc2c1. The number of hydrogen-bond donors (Lipinski definition) is 2. The summed E-state index contributed by atoms with van der Waals surface area (Å²) in [4.78, 5) is 9.72. The molecule has 0 fully saturated rings.